The van der Waals surface area contributed by atoms with Crippen molar-refractivity contribution in [3.05, 3.63) is 30.1 Å². The molecule has 0 unspecified atom stereocenters. The summed E-state index contributed by atoms with van der Waals surface area (Å²) in [7, 11) is 1.83. The SMILES string of the molecule is CN(Cc1cccnc1)C(=O)CNCC1CC1. The number of pyridine rings is 1. The fourth-order valence-electron chi connectivity index (χ4n) is 1.69. The summed E-state index contributed by atoms with van der Waals surface area (Å²) in [5, 5.41) is 3.21. The van der Waals surface area contributed by atoms with Crippen LogP contribution in [0.1, 0.15) is 18.4 Å². The molecule has 4 nitrogen and oxygen atoms in total. The number of likely N-dealkylation sites (N-methyl/N-ethyl adjacent to an activating group) is 1. The van der Waals surface area contributed by atoms with Crippen LogP contribution in [0, 0.1) is 5.92 Å². The summed E-state index contributed by atoms with van der Waals surface area (Å²) in [5.41, 5.74) is 1.06. The van der Waals surface area contributed by atoms with Crippen molar-refractivity contribution >= 4 is 5.91 Å². The van der Waals surface area contributed by atoms with Gasteiger partial charge in [-0.3, -0.25) is 9.78 Å². The fourth-order valence-corrected chi connectivity index (χ4v) is 1.69. The van der Waals surface area contributed by atoms with Crippen LogP contribution in [0.5, 0.6) is 0 Å². The number of hydrogen-bond acceptors (Lipinski definition) is 3. The van der Waals surface area contributed by atoms with Crippen LogP contribution in [0.15, 0.2) is 24.5 Å². The predicted octanol–water partition coefficient (Wildman–Crippen LogP) is 1.04. The van der Waals surface area contributed by atoms with E-state index in [1.165, 1.54) is 12.8 Å². The highest BCUT2D eigenvalue weighted by Gasteiger charge is 2.20. The maximum Gasteiger partial charge on any atom is 0.236 e. The van der Waals surface area contributed by atoms with Crippen LogP contribution in [0.25, 0.3) is 0 Å². The Kier molecular flexibility index (Phi) is 4.09. The Hall–Kier alpha value is -1.42. The monoisotopic (exact) mass is 233 g/mol. The molecular formula is C13H19N3O. The van der Waals surface area contributed by atoms with Gasteiger partial charge in [-0.1, -0.05) is 6.07 Å². The molecular weight excluding hydrogens is 214 g/mol. The van der Waals surface area contributed by atoms with E-state index in [0.29, 0.717) is 13.1 Å². The number of nitrogens with zero attached hydrogens (tertiary/aromatic N) is 2. The van der Waals surface area contributed by atoms with E-state index in [9.17, 15) is 4.79 Å². The summed E-state index contributed by atoms with van der Waals surface area (Å²) in [6.45, 7) is 2.04. The molecule has 0 radical (unpaired) electrons. The van der Waals surface area contributed by atoms with E-state index in [2.05, 4.69) is 10.3 Å². The van der Waals surface area contributed by atoms with Crippen molar-refractivity contribution in [1.82, 2.24) is 15.2 Å². The molecule has 0 atom stereocenters. The molecule has 1 aromatic heterocycles. The molecule has 2 rings (SSSR count). The normalized spacial score (nSPS) is 14.6. The summed E-state index contributed by atoms with van der Waals surface area (Å²) in [5.74, 6) is 0.945. The van der Waals surface area contributed by atoms with Crippen LogP contribution in [0.3, 0.4) is 0 Å². The van der Waals surface area contributed by atoms with E-state index in [1.807, 2.05) is 19.2 Å². The third-order valence-electron chi connectivity index (χ3n) is 2.97. The molecule has 1 N–H and O–H groups in total. The average Bonchev–Trinajstić information content (AvgIpc) is 3.14. The van der Waals surface area contributed by atoms with Crippen molar-refractivity contribution < 1.29 is 4.79 Å². The summed E-state index contributed by atoms with van der Waals surface area (Å²) < 4.78 is 0. The lowest BCUT2D eigenvalue weighted by atomic mass is 10.2. The Morgan fingerprint density at radius 3 is 3.06 bits per heavy atom. The van der Waals surface area contributed by atoms with Gasteiger partial charge in [0.2, 0.25) is 5.91 Å². The number of carbonyl (C=O) groups is 1. The van der Waals surface area contributed by atoms with Crippen molar-refractivity contribution in [2.75, 3.05) is 20.1 Å². The van der Waals surface area contributed by atoms with Crippen molar-refractivity contribution in [3.63, 3.8) is 0 Å². The van der Waals surface area contributed by atoms with Crippen molar-refractivity contribution in [3.8, 4) is 0 Å². The molecule has 4 heteroatoms. The minimum Gasteiger partial charge on any atom is -0.340 e. The molecule has 1 aliphatic carbocycles. The highest BCUT2D eigenvalue weighted by atomic mass is 16.2. The number of aromatic nitrogens is 1. The third kappa shape index (κ3) is 4.15. The molecule has 1 aliphatic rings. The Labute approximate surface area is 102 Å². The minimum absolute atomic E-state index is 0.134. The molecule has 92 valence electrons. The Morgan fingerprint density at radius 2 is 2.41 bits per heavy atom. The van der Waals surface area contributed by atoms with Gasteiger partial charge in [0, 0.05) is 26.0 Å². The Bertz CT molecular complexity index is 362. The summed E-state index contributed by atoms with van der Waals surface area (Å²) in [6.07, 6.45) is 6.16. The van der Waals surface area contributed by atoms with E-state index in [4.69, 9.17) is 0 Å². The molecule has 1 amide bonds. The van der Waals surface area contributed by atoms with Gasteiger partial charge in [-0.15, -0.1) is 0 Å². The third-order valence-corrected chi connectivity index (χ3v) is 2.97. The van der Waals surface area contributed by atoms with Crippen molar-refractivity contribution in [2.24, 2.45) is 5.92 Å². The number of carbonyl (C=O) groups excluding carboxylic acids is 1. The van der Waals surface area contributed by atoms with E-state index >= 15 is 0 Å². The zero-order valence-electron chi connectivity index (χ0n) is 10.2. The van der Waals surface area contributed by atoms with Gasteiger partial charge in [0.25, 0.3) is 0 Å². The lowest BCUT2D eigenvalue weighted by Gasteiger charge is -2.17. The average molecular weight is 233 g/mol. The van der Waals surface area contributed by atoms with Crippen LogP contribution in [-0.2, 0) is 11.3 Å². The first kappa shape index (κ1) is 12.0. The summed E-state index contributed by atoms with van der Waals surface area (Å²) in [4.78, 5) is 17.6. The molecule has 0 aliphatic heterocycles. The predicted molar refractivity (Wildman–Crippen MR) is 66.3 cm³/mol. The van der Waals surface area contributed by atoms with Crippen LogP contribution in [-0.4, -0.2) is 35.9 Å². The molecule has 0 spiro atoms. The lowest BCUT2D eigenvalue weighted by Crippen LogP contribution is -2.35. The zero-order chi connectivity index (χ0) is 12.1. The van der Waals surface area contributed by atoms with E-state index in [0.717, 1.165) is 18.0 Å². The van der Waals surface area contributed by atoms with Gasteiger partial charge >= 0.3 is 0 Å². The molecule has 0 aromatic carbocycles. The van der Waals surface area contributed by atoms with Gasteiger partial charge in [-0.2, -0.15) is 0 Å². The highest BCUT2D eigenvalue weighted by molar-refractivity contribution is 5.77. The smallest absolute Gasteiger partial charge is 0.236 e. The second kappa shape index (κ2) is 5.77. The minimum atomic E-state index is 0.134. The van der Waals surface area contributed by atoms with Crippen molar-refractivity contribution in [2.45, 2.75) is 19.4 Å². The Balaban J connectivity index is 1.70. The number of rotatable bonds is 6. The number of hydrogen-bond donors (Lipinski definition) is 1. The largest absolute Gasteiger partial charge is 0.340 e. The number of amides is 1. The molecule has 1 saturated carbocycles. The standard InChI is InChI=1S/C13H19N3O/c1-16(10-12-3-2-6-14-8-12)13(17)9-15-7-11-4-5-11/h2-3,6,8,11,15H,4-5,7,9-10H2,1H3. The zero-order valence-corrected chi connectivity index (χ0v) is 10.2. The first-order valence-electron chi connectivity index (χ1n) is 6.09. The molecule has 17 heavy (non-hydrogen) atoms. The van der Waals surface area contributed by atoms with Crippen molar-refractivity contribution in [1.29, 1.82) is 0 Å². The quantitative estimate of drug-likeness (QED) is 0.798. The fraction of sp³-hybridized carbons (Fsp3) is 0.538. The van der Waals surface area contributed by atoms with Crippen LogP contribution in [0.2, 0.25) is 0 Å². The number of nitrogens with one attached hydrogen (secondary N) is 1. The van der Waals surface area contributed by atoms with Gasteiger partial charge in [0.15, 0.2) is 0 Å². The Morgan fingerprint density at radius 1 is 1.59 bits per heavy atom. The van der Waals surface area contributed by atoms with Gasteiger partial charge in [0.05, 0.1) is 6.54 Å². The molecule has 1 aromatic rings. The second-order valence-electron chi connectivity index (χ2n) is 4.69. The second-order valence-corrected chi connectivity index (χ2v) is 4.69. The maximum absolute atomic E-state index is 11.8. The van der Waals surface area contributed by atoms with Gasteiger partial charge in [0.1, 0.15) is 0 Å². The van der Waals surface area contributed by atoms with Gasteiger partial charge in [-0.05, 0) is 36.9 Å². The first-order chi connectivity index (χ1) is 8.25. The molecule has 0 bridgehead atoms. The lowest BCUT2D eigenvalue weighted by molar-refractivity contribution is -0.129. The van der Waals surface area contributed by atoms with Gasteiger partial charge in [-0.25, -0.2) is 0 Å². The van der Waals surface area contributed by atoms with Gasteiger partial charge < -0.3 is 10.2 Å². The summed E-state index contributed by atoms with van der Waals surface area (Å²) in [6, 6.07) is 3.87. The summed E-state index contributed by atoms with van der Waals surface area (Å²) >= 11 is 0. The molecule has 1 heterocycles. The van der Waals surface area contributed by atoms with Crippen LogP contribution < -0.4 is 5.32 Å². The van der Waals surface area contributed by atoms with E-state index in [-0.39, 0.29) is 5.91 Å². The topological polar surface area (TPSA) is 45.2 Å². The van der Waals surface area contributed by atoms with E-state index < -0.39 is 0 Å². The molecule has 1 fully saturated rings. The van der Waals surface area contributed by atoms with Crippen LogP contribution >= 0.6 is 0 Å². The highest BCUT2D eigenvalue weighted by Crippen LogP contribution is 2.27. The first-order valence-corrected chi connectivity index (χ1v) is 6.09. The van der Waals surface area contributed by atoms with Crippen LogP contribution in [0.4, 0.5) is 0 Å². The molecule has 0 saturated heterocycles. The van der Waals surface area contributed by atoms with E-state index in [1.54, 1.807) is 17.3 Å². The maximum atomic E-state index is 11.8.